The van der Waals surface area contributed by atoms with Crippen molar-refractivity contribution in [2.75, 3.05) is 45.9 Å². The van der Waals surface area contributed by atoms with Gasteiger partial charge in [0, 0.05) is 63.4 Å². The molecule has 0 bridgehead atoms. The molecule has 1 aromatic heterocycles. The van der Waals surface area contributed by atoms with Crippen LogP contribution in [0, 0.1) is 5.41 Å². The second-order valence-electron chi connectivity index (χ2n) is 11.5. The van der Waals surface area contributed by atoms with Crippen molar-refractivity contribution in [2.45, 2.75) is 38.5 Å². The van der Waals surface area contributed by atoms with Crippen molar-refractivity contribution in [2.24, 2.45) is 11.5 Å². The maximum absolute atomic E-state index is 13.7. The predicted octanol–water partition coefficient (Wildman–Crippen LogP) is 4.45. The lowest BCUT2D eigenvalue weighted by Crippen LogP contribution is -2.37. The molecule has 5 rings (SSSR count). The van der Waals surface area contributed by atoms with E-state index in [-0.39, 0.29) is 31.4 Å². The average molecular weight is 636 g/mol. The zero-order chi connectivity index (χ0) is 32.7. The van der Waals surface area contributed by atoms with Crippen molar-refractivity contribution >= 4 is 22.8 Å². The normalized spacial score (nSPS) is 14.1. The van der Waals surface area contributed by atoms with Gasteiger partial charge in [0.2, 0.25) is 0 Å². The summed E-state index contributed by atoms with van der Waals surface area (Å²) in [5.74, 6) is 0.609. The minimum Gasteiger partial charge on any atom is -0.384 e. The fourth-order valence-electron chi connectivity index (χ4n) is 5.79. The van der Waals surface area contributed by atoms with Crippen LogP contribution in [0.25, 0.3) is 11.0 Å². The molecule has 1 aliphatic rings. The van der Waals surface area contributed by atoms with Gasteiger partial charge in [0.05, 0.1) is 29.8 Å². The number of alkyl halides is 3. The minimum atomic E-state index is -4.47. The summed E-state index contributed by atoms with van der Waals surface area (Å²) in [6.07, 6.45) is -2.14. The molecule has 244 valence electrons. The summed E-state index contributed by atoms with van der Waals surface area (Å²) in [4.78, 5) is 22.5. The van der Waals surface area contributed by atoms with Crippen LogP contribution in [0.1, 0.15) is 44.9 Å². The summed E-state index contributed by atoms with van der Waals surface area (Å²) in [5, 5.41) is 7.63. The first-order valence-electron chi connectivity index (χ1n) is 15.5. The molecule has 4 aromatic rings. The lowest BCUT2D eigenvalue weighted by molar-refractivity contribution is -0.137. The fourth-order valence-corrected chi connectivity index (χ4v) is 5.79. The predicted molar refractivity (Wildman–Crippen MR) is 172 cm³/mol. The van der Waals surface area contributed by atoms with Gasteiger partial charge in [-0.2, -0.15) is 13.2 Å². The van der Waals surface area contributed by atoms with Crippen LogP contribution in [-0.2, 0) is 36.8 Å². The first-order chi connectivity index (χ1) is 22.1. The number of halogens is 3. The topological polar surface area (TPSA) is 126 Å². The van der Waals surface area contributed by atoms with E-state index in [1.165, 1.54) is 11.0 Å². The molecule has 12 heteroatoms. The highest BCUT2D eigenvalue weighted by molar-refractivity contribution is 5.97. The van der Waals surface area contributed by atoms with Crippen molar-refractivity contribution in [3.8, 4) is 0 Å². The monoisotopic (exact) mass is 635 g/mol. The van der Waals surface area contributed by atoms with Gasteiger partial charge in [0.15, 0.2) is 0 Å². The Morgan fingerprint density at radius 3 is 2.39 bits per heavy atom. The Morgan fingerprint density at radius 1 is 0.957 bits per heavy atom. The molecule has 0 aliphatic carbocycles. The summed E-state index contributed by atoms with van der Waals surface area (Å²) in [5.41, 5.74) is 14.8. The maximum atomic E-state index is 13.7. The van der Waals surface area contributed by atoms with Crippen LogP contribution in [0.3, 0.4) is 0 Å². The highest BCUT2D eigenvalue weighted by Crippen LogP contribution is 2.30. The number of fused-ring (bicyclic) bond motifs is 1. The molecule has 0 atom stereocenters. The second kappa shape index (κ2) is 14.9. The molecule has 0 saturated carbocycles. The summed E-state index contributed by atoms with van der Waals surface area (Å²) in [6.45, 7) is 5.38. The van der Waals surface area contributed by atoms with Crippen molar-refractivity contribution in [1.82, 2.24) is 19.4 Å². The van der Waals surface area contributed by atoms with Crippen LogP contribution in [0.2, 0.25) is 0 Å². The third-order valence-electron chi connectivity index (χ3n) is 8.25. The van der Waals surface area contributed by atoms with E-state index in [2.05, 4.69) is 9.47 Å². The number of imidazole rings is 1. The van der Waals surface area contributed by atoms with Gasteiger partial charge >= 0.3 is 6.18 Å². The smallest absolute Gasteiger partial charge is 0.384 e. The van der Waals surface area contributed by atoms with Gasteiger partial charge in [-0.1, -0.05) is 36.4 Å². The first kappa shape index (κ1) is 33.1. The van der Waals surface area contributed by atoms with Crippen LogP contribution in [0.4, 0.5) is 13.2 Å². The van der Waals surface area contributed by atoms with Crippen LogP contribution < -0.4 is 11.5 Å². The van der Waals surface area contributed by atoms with E-state index >= 15 is 0 Å². The van der Waals surface area contributed by atoms with E-state index in [1.807, 2.05) is 30.3 Å². The number of carbonyl (C=O) groups excluding carboxylic acids is 1. The third-order valence-corrected chi connectivity index (χ3v) is 8.25. The quantitative estimate of drug-likeness (QED) is 0.147. The number of aryl methyl sites for hydroxylation is 3. The molecule has 1 amide bonds. The number of morpholine rings is 1. The molecule has 9 nitrogen and oxygen atoms in total. The zero-order valence-electron chi connectivity index (χ0n) is 25.7. The lowest BCUT2D eigenvalue weighted by atomic mass is 10.1. The highest BCUT2D eigenvalue weighted by atomic mass is 19.4. The number of nitrogen functional groups attached to an aromatic ring is 1. The molecule has 0 radical (unpaired) electrons. The van der Waals surface area contributed by atoms with Gasteiger partial charge in [-0.25, -0.2) is 4.98 Å². The van der Waals surface area contributed by atoms with E-state index in [1.54, 1.807) is 18.2 Å². The van der Waals surface area contributed by atoms with E-state index in [4.69, 9.17) is 26.6 Å². The fraction of sp³-hybridized carbons (Fsp3) is 0.382. The molecular weight excluding hydrogens is 595 g/mol. The number of hydrogen-bond acceptors (Lipinski definition) is 6. The molecule has 2 heterocycles. The Labute approximate surface area is 266 Å². The van der Waals surface area contributed by atoms with Crippen molar-refractivity contribution in [3.05, 3.63) is 100 Å². The molecule has 0 unspecified atom stereocenters. The van der Waals surface area contributed by atoms with Crippen LogP contribution in [0.15, 0.2) is 66.7 Å². The number of rotatable bonds is 13. The lowest BCUT2D eigenvalue weighted by Gasteiger charge is -2.26. The molecule has 5 N–H and O–H groups in total. The second-order valence-corrected chi connectivity index (χ2v) is 11.5. The van der Waals surface area contributed by atoms with Gasteiger partial charge in [-0.05, 0) is 54.3 Å². The van der Waals surface area contributed by atoms with Crippen molar-refractivity contribution in [3.63, 3.8) is 0 Å². The minimum absolute atomic E-state index is 0.00163. The number of aromatic nitrogens is 2. The Morgan fingerprint density at radius 2 is 1.70 bits per heavy atom. The van der Waals surface area contributed by atoms with Crippen molar-refractivity contribution < 1.29 is 22.7 Å². The number of nitrogens with one attached hydrogen (secondary N) is 1. The van der Waals surface area contributed by atoms with Crippen LogP contribution in [-0.4, -0.2) is 77.0 Å². The average Bonchev–Trinajstić information content (AvgIpc) is 3.40. The highest BCUT2D eigenvalue weighted by Gasteiger charge is 2.30. The molecule has 1 aliphatic heterocycles. The number of hydrogen-bond donors (Lipinski definition) is 3. The number of nitrogens with two attached hydrogens (primary N) is 2. The number of nitrogens with zero attached hydrogens (tertiary/aromatic N) is 4. The summed E-state index contributed by atoms with van der Waals surface area (Å²) in [7, 11) is 0. The zero-order valence-corrected chi connectivity index (χ0v) is 25.7. The molecule has 0 spiro atoms. The SMILES string of the molecule is N=C(N)c1ccc(CCc2nc3cc(C(=O)N(CCN)Cc4cccc(C(F)(F)F)c4)ccc3n2CCCN2CCOCC2)cc1. The van der Waals surface area contributed by atoms with E-state index < -0.39 is 11.7 Å². The molecule has 3 aromatic carbocycles. The Bertz CT molecular complexity index is 1650. The Kier molecular flexibility index (Phi) is 10.7. The largest absolute Gasteiger partial charge is 0.416 e. The number of benzene rings is 3. The molecular formula is C34H40F3N7O2. The van der Waals surface area contributed by atoms with E-state index in [0.29, 0.717) is 28.6 Å². The summed E-state index contributed by atoms with van der Waals surface area (Å²) < 4.78 is 47.6. The maximum Gasteiger partial charge on any atom is 0.416 e. The van der Waals surface area contributed by atoms with Gasteiger partial charge in [-0.15, -0.1) is 0 Å². The first-order valence-corrected chi connectivity index (χ1v) is 15.5. The van der Waals surface area contributed by atoms with Crippen LogP contribution in [0.5, 0.6) is 0 Å². The molecule has 1 fully saturated rings. The van der Waals surface area contributed by atoms with Gasteiger partial charge < -0.3 is 25.7 Å². The van der Waals surface area contributed by atoms with Gasteiger partial charge in [0.1, 0.15) is 11.7 Å². The standard InChI is InChI=1S/C34H40F3N7O2/c35-34(36,37)28-4-1-3-25(21-28)23-43(16-13-38)33(45)27-10-11-30-29(22-27)41-31(12-7-24-5-8-26(9-6-24)32(39)40)44(30)15-2-14-42-17-19-46-20-18-42/h1,3-6,8-11,21-22H,2,7,12-20,23,38H2,(H3,39,40). The summed E-state index contributed by atoms with van der Waals surface area (Å²) >= 11 is 0. The number of ether oxygens (including phenoxy) is 1. The Balaban J connectivity index is 1.38. The van der Waals surface area contributed by atoms with Gasteiger partial charge in [-0.3, -0.25) is 15.1 Å². The number of amidine groups is 1. The van der Waals surface area contributed by atoms with Crippen molar-refractivity contribution in [1.29, 1.82) is 5.41 Å². The number of amides is 1. The summed E-state index contributed by atoms with van der Waals surface area (Å²) in [6, 6.07) is 18.0. The molecule has 46 heavy (non-hydrogen) atoms. The van der Waals surface area contributed by atoms with E-state index in [0.717, 1.165) is 81.3 Å². The molecule has 1 saturated heterocycles. The Hall–Kier alpha value is -4.26. The van der Waals surface area contributed by atoms with Crippen LogP contribution >= 0.6 is 0 Å². The van der Waals surface area contributed by atoms with Gasteiger partial charge in [0.25, 0.3) is 5.91 Å². The number of carbonyl (C=O) groups is 1. The van der Waals surface area contributed by atoms with E-state index in [9.17, 15) is 18.0 Å². The third kappa shape index (κ3) is 8.31.